The summed E-state index contributed by atoms with van der Waals surface area (Å²) < 4.78 is 15.2. The third-order valence-corrected chi connectivity index (χ3v) is 2.13. The average Bonchev–Trinajstić information content (AvgIpc) is 2.31. The van der Waals surface area contributed by atoms with Crippen LogP contribution < -0.4 is 4.74 Å². The molecule has 1 aromatic rings. The molecule has 4 heteroatoms. The Bertz CT molecular complexity index is 343. The van der Waals surface area contributed by atoms with E-state index in [4.69, 9.17) is 9.47 Å². The highest BCUT2D eigenvalue weighted by Gasteiger charge is 2.03. The van der Waals surface area contributed by atoms with Gasteiger partial charge in [0.05, 0.1) is 19.6 Å². The largest absolute Gasteiger partial charge is 0.469 e. The first-order chi connectivity index (χ1) is 8.11. The molecule has 0 N–H and O–H groups in total. The summed E-state index contributed by atoms with van der Waals surface area (Å²) in [6.07, 6.45) is 0.424. The molecule has 17 heavy (non-hydrogen) atoms. The fraction of sp³-hybridized carbons (Fsp3) is 0.462. The van der Waals surface area contributed by atoms with Crippen molar-refractivity contribution < 1.29 is 19.0 Å². The van der Waals surface area contributed by atoms with E-state index in [1.807, 2.05) is 38.1 Å². The SMILES string of the molecule is COC(=O)Cc1ccc(OCOC(C)C)cc1. The Balaban J connectivity index is 2.42. The molecule has 0 atom stereocenters. The van der Waals surface area contributed by atoms with Crippen LogP contribution >= 0.6 is 0 Å². The van der Waals surface area contributed by atoms with Crippen LogP contribution in [0.15, 0.2) is 24.3 Å². The number of rotatable bonds is 6. The van der Waals surface area contributed by atoms with Crippen molar-refractivity contribution in [3.05, 3.63) is 29.8 Å². The molecule has 0 bridgehead atoms. The molecule has 0 unspecified atom stereocenters. The van der Waals surface area contributed by atoms with Gasteiger partial charge in [0.2, 0.25) is 0 Å². The Kier molecular flexibility index (Phi) is 5.49. The lowest BCUT2D eigenvalue weighted by molar-refractivity contribution is -0.139. The summed E-state index contributed by atoms with van der Waals surface area (Å²) in [4.78, 5) is 11.0. The van der Waals surface area contributed by atoms with E-state index < -0.39 is 0 Å². The summed E-state index contributed by atoms with van der Waals surface area (Å²) in [5.41, 5.74) is 0.897. The van der Waals surface area contributed by atoms with Gasteiger partial charge >= 0.3 is 5.97 Å². The minimum atomic E-state index is -0.248. The fourth-order valence-corrected chi connectivity index (χ4v) is 1.18. The van der Waals surface area contributed by atoms with Gasteiger partial charge in [-0.1, -0.05) is 12.1 Å². The Morgan fingerprint density at radius 3 is 2.41 bits per heavy atom. The molecular formula is C13H18O4. The molecule has 0 heterocycles. The lowest BCUT2D eigenvalue weighted by Crippen LogP contribution is -2.09. The minimum absolute atomic E-state index is 0.147. The molecule has 0 saturated heterocycles. The highest BCUT2D eigenvalue weighted by Crippen LogP contribution is 2.13. The van der Waals surface area contributed by atoms with Crippen LogP contribution in [0.5, 0.6) is 5.75 Å². The zero-order chi connectivity index (χ0) is 12.7. The van der Waals surface area contributed by atoms with E-state index >= 15 is 0 Å². The van der Waals surface area contributed by atoms with Crippen LogP contribution in [0.25, 0.3) is 0 Å². The van der Waals surface area contributed by atoms with Crippen LogP contribution in [0.1, 0.15) is 19.4 Å². The molecule has 1 aromatic carbocycles. The van der Waals surface area contributed by atoms with Crippen molar-refractivity contribution in [1.29, 1.82) is 0 Å². The van der Waals surface area contributed by atoms with Gasteiger partial charge in [0, 0.05) is 0 Å². The molecule has 0 aliphatic heterocycles. The lowest BCUT2D eigenvalue weighted by Gasteiger charge is -2.09. The van der Waals surface area contributed by atoms with E-state index in [0.717, 1.165) is 11.3 Å². The Labute approximate surface area is 101 Å². The summed E-state index contributed by atoms with van der Waals surface area (Å²) >= 11 is 0. The number of hydrogen-bond donors (Lipinski definition) is 0. The molecule has 0 aliphatic rings. The van der Waals surface area contributed by atoms with Crippen molar-refractivity contribution in [3.63, 3.8) is 0 Å². The Hall–Kier alpha value is -1.55. The molecule has 0 aromatic heterocycles. The second-order valence-corrected chi connectivity index (χ2v) is 3.87. The second-order valence-electron chi connectivity index (χ2n) is 3.87. The van der Waals surface area contributed by atoms with E-state index in [1.54, 1.807) is 0 Å². The zero-order valence-electron chi connectivity index (χ0n) is 10.4. The Morgan fingerprint density at radius 1 is 1.24 bits per heavy atom. The van der Waals surface area contributed by atoms with Gasteiger partial charge in [-0.15, -0.1) is 0 Å². The molecule has 0 radical (unpaired) electrons. The van der Waals surface area contributed by atoms with Crippen molar-refractivity contribution in [2.45, 2.75) is 26.4 Å². The first-order valence-corrected chi connectivity index (χ1v) is 5.52. The van der Waals surface area contributed by atoms with Gasteiger partial charge in [-0.25, -0.2) is 0 Å². The van der Waals surface area contributed by atoms with E-state index in [1.165, 1.54) is 7.11 Å². The first-order valence-electron chi connectivity index (χ1n) is 5.52. The summed E-state index contributed by atoms with van der Waals surface area (Å²) in [6, 6.07) is 7.28. The van der Waals surface area contributed by atoms with Crippen LogP contribution in [0.2, 0.25) is 0 Å². The monoisotopic (exact) mass is 238 g/mol. The van der Waals surface area contributed by atoms with Crippen LogP contribution in [0.4, 0.5) is 0 Å². The molecule has 94 valence electrons. The molecule has 0 saturated carbocycles. The van der Waals surface area contributed by atoms with Crippen molar-refractivity contribution in [2.24, 2.45) is 0 Å². The van der Waals surface area contributed by atoms with E-state index in [0.29, 0.717) is 0 Å². The quantitative estimate of drug-likeness (QED) is 0.562. The topological polar surface area (TPSA) is 44.8 Å². The minimum Gasteiger partial charge on any atom is -0.469 e. The van der Waals surface area contributed by atoms with E-state index in [9.17, 15) is 4.79 Å². The summed E-state index contributed by atoms with van der Waals surface area (Å²) in [6.45, 7) is 4.12. The number of carbonyl (C=O) groups excluding carboxylic acids is 1. The van der Waals surface area contributed by atoms with E-state index in [2.05, 4.69) is 4.74 Å². The normalized spacial score (nSPS) is 10.4. The maximum atomic E-state index is 11.0. The molecule has 0 spiro atoms. The van der Waals surface area contributed by atoms with Gasteiger partial charge in [-0.05, 0) is 31.5 Å². The van der Waals surface area contributed by atoms with Gasteiger partial charge in [0.25, 0.3) is 0 Å². The van der Waals surface area contributed by atoms with Crippen molar-refractivity contribution >= 4 is 5.97 Å². The fourth-order valence-electron chi connectivity index (χ4n) is 1.18. The lowest BCUT2D eigenvalue weighted by atomic mass is 10.1. The highest BCUT2D eigenvalue weighted by molar-refractivity contribution is 5.72. The Morgan fingerprint density at radius 2 is 1.88 bits per heavy atom. The molecule has 0 aliphatic carbocycles. The van der Waals surface area contributed by atoms with Gasteiger partial charge in [-0.2, -0.15) is 0 Å². The third-order valence-electron chi connectivity index (χ3n) is 2.13. The number of benzene rings is 1. The third kappa shape index (κ3) is 5.36. The molecular weight excluding hydrogens is 220 g/mol. The molecule has 4 nitrogen and oxygen atoms in total. The standard InChI is InChI=1S/C13H18O4/c1-10(2)16-9-17-12-6-4-11(5-7-12)8-13(14)15-3/h4-7,10H,8-9H2,1-3H3. The highest BCUT2D eigenvalue weighted by atomic mass is 16.7. The zero-order valence-corrected chi connectivity index (χ0v) is 10.4. The smallest absolute Gasteiger partial charge is 0.309 e. The predicted octanol–water partition coefficient (Wildman–Crippen LogP) is 2.16. The number of hydrogen-bond acceptors (Lipinski definition) is 4. The second kappa shape index (κ2) is 6.91. The molecule has 0 amide bonds. The summed E-state index contributed by atoms with van der Waals surface area (Å²) in [5, 5.41) is 0. The van der Waals surface area contributed by atoms with Crippen LogP contribution in [-0.4, -0.2) is 26.0 Å². The van der Waals surface area contributed by atoms with Crippen LogP contribution in [0, 0.1) is 0 Å². The van der Waals surface area contributed by atoms with Crippen molar-refractivity contribution in [1.82, 2.24) is 0 Å². The van der Waals surface area contributed by atoms with Crippen molar-refractivity contribution in [3.8, 4) is 5.75 Å². The van der Waals surface area contributed by atoms with Crippen LogP contribution in [-0.2, 0) is 20.7 Å². The molecule has 0 fully saturated rings. The maximum absolute atomic E-state index is 11.0. The van der Waals surface area contributed by atoms with Gasteiger partial charge in [0.1, 0.15) is 5.75 Å². The number of methoxy groups -OCH3 is 1. The number of esters is 1. The summed E-state index contributed by atoms with van der Waals surface area (Å²) in [5.74, 6) is 0.473. The van der Waals surface area contributed by atoms with Crippen LogP contribution in [0.3, 0.4) is 0 Å². The molecule has 1 rings (SSSR count). The van der Waals surface area contributed by atoms with Gasteiger partial charge in [0.15, 0.2) is 6.79 Å². The predicted molar refractivity (Wildman–Crippen MR) is 63.9 cm³/mol. The number of carbonyl (C=O) groups is 1. The van der Waals surface area contributed by atoms with Gasteiger partial charge in [-0.3, -0.25) is 4.79 Å². The number of ether oxygens (including phenoxy) is 3. The first kappa shape index (κ1) is 13.5. The van der Waals surface area contributed by atoms with E-state index in [-0.39, 0.29) is 25.3 Å². The maximum Gasteiger partial charge on any atom is 0.309 e. The van der Waals surface area contributed by atoms with Gasteiger partial charge < -0.3 is 14.2 Å². The summed E-state index contributed by atoms with van der Waals surface area (Å²) in [7, 11) is 1.38. The average molecular weight is 238 g/mol. The van der Waals surface area contributed by atoms with Crippen molar-refractivity contribution in [2.75, 3.05) is 13.9 Å².